The number of methoxy groups -OCH3 is 1. The van der Waals surface area contributed by atoms with Gasteiger partial charge in [-0.2, -0.15) is 0 Å². The van der Waals surface area contributed by atoms with E-state index in [0.29, 0.717) is 13.2 Å². The van der Waals surface area contributed by atoms with Crippen molar-refractivity contribution in [1.82, 2.24) is 5.32 Å². The molecule has 1 atom stereocenters. The van der Waals surface area contributed by atoms with Gasteiger partial charge in [0, 0.05) is 19.3 Å². The van der Waals surface area contributed by atoms with E-state index in [0.717, 1.165) is 25.5 Å². The van der Waals surface area contributed by atoms with E-state index in [1.54, 1.807) is 7.11 Å². The standard InChI is InChI=1S/C14H31NO2/c1-6-13(12-15-14(2,3)4)8-7-9-17-11-10-16-5/h13,15H,6-12H2,1-5H3. The molecule has 0 aliphatic heterocycles. The third kappa shape index (κ3) is 12.1. The van der Waals surface area contributed by atoms with E-state index in [4.69, 9.17) is 9.47 Å². The lowest BCUT2D eigenvalue weighted by Crippen LogP contribution is -2.39. The zero-order valence-corrected chi connectivity index (χ0v) is 12.3. The first-order chi connectivity index (χ1) is 7.99. The van der Waals surface area contributed by atoms with Crippen LogP contribution in [0.3, 0.4) is 0 Å². The quantitative estimate of drug-likeness (QED) is 0.600. The van der Waals surface area contributed by atoms with Crippen LogP contribution in [0.15, 0.2) is 0 Å². The minimum absolute atomic E-state index is 0.225. The summed E-state index contributed by atoms with van der Waals surface area (Å²) >= 11 is 0. The third-order valence-electron chi connectivity index (χ3n) is 2.83. The maximum atomic E-state index is 5.47. The monoisotopic (exact) mass is 245 g/mol. The first kappa shape index (κ1) is 16.9. The zero-order valence-electron chi connectivity index (χ0n) is 12.3. The topological polar surface area (TPSA) is 30.5 Å². The van der Waals surface area contributed by atoms with Crippen molar-refractivity contribution < 1.29 is 9.47 Å². The summed E-state index contributed by atoms with van der Waals surface area (Å²) in [7, 11) is 1.70. The Labute approximate surface area is 107 Å². The smallest absolute Gasteiger partial charge is 0.0700 e. The van der Waals surface area contributed by atoms with Crippen LogP contribution in [0.5, 0.6) is 0 Å². The SMILES string of the molecule is CCC(CCCOCCOC)CNC(C)(C)C. The van der Waals surface area contributed by atoms with Crippen molar-refractivity contribution in [3.63, 3.8) is 0 Å². The maximum Gasteiger partial charge on any atom is 0.0700 e. The molecule has 0 aliphatic carbocycles. The van der Waals surface area contributed by atoms with Gasteiger partial charge in [-0.25, -0.2) is 0 Å². The molecule has 0 spiro atoms. The molecule has 1 N–H and O–H groups in total. The highest BCUT2D eigenvalue weighted by Crippen LogP contribution is 2.11. The Morgan fingerprint density at radius 2 is 1.82 bits per heavy atom. The van der Waals surface area contributed by atoms with Crippen LogP contribution in [0.2, 0.25) is 0 Å². The summed E-state index contributed by atoms with van der Waals surface area (Å²) in [5, 5.41) is 3.57. The first-order valence-electron chi connectivity index (χ1n) is 6.81. The van der Waals surface area contributed by atoms with Crippen LogP contribution in [0.1, 0.15) is 47.0 Å². The summed E-state index contributed by atoms with van der Waals surface area (Å²) in [6, 6.07) is 0. The molecule has 0 saturated carbocycles. The van der Waals surface area contributed by atoms with Gasteiger partial charge in [-0.15, -0.1) is 0 Å². The van der Waals surface area contributed by atoms with Crippen LogP contribution >= 0.6 is 0 Å². The van der Waals surface area contributed by atoms with Crippen molar-refractivity contribution in [2.24, 2.45) is 5.92 Å². The zero-order chi connectivity index (χ0) is 13.1. The highest BCUT2D eigenvalue weighted by molar-refractivity contribution is 4.72. The van der Waals surface area contributed by atoms with Gasteiger partial charge in [0.25, 0.3) is 0 Å². The molecule has 0 aromatic heterocycles. The highest BCUT2D eigenvalue weighted by atomic mass is 16.5. The second-order valence-corrected chi connectivity index (χ2v) is 5.65. The average Bonchev–Trinajstić information content (AvgIpc) is 2.26. The van der Waals surface area contributed by atoms with Crippen molar-refractivity contribution in [3.05, 3.63) is 0 Å². The molecule has 0 heterocycles. The normalized spacial score (nSPS) is 13.9. The molecule has 0 rings (SSSR count). The highest BCUT2D eigenvalue weighted by Gasteiger charge is 2.12. The van der Waals surface area contributed by atoms with Crippen molar-refractivity contribution >= 4 is 0 Å². The maximum absolute atomic E-state index is 5.47. The average molecular weight is 245 g/mol. The van der Waals surface area contributed by atoms with Crippen LogP contribution in [0.25, 0.3) is 0 Å². The lowest BCUT2D eigenvalue weighted by atomic mass is 9.98. The van der Waals surface area contributed by atoms with E-state index < -0.39 is 0 Å². The van der Waals surface area contributed by atoms with Crippen molar-refractivity contribution in [1.29, 1.82) is 0 Å². The molecule has 1 unspecified atom stereocenters. The predicted molar refractivity (Wildman–Crippen MR) is 73.5 cm³/mol. The molecule has 0 aliphatic rings. The van der Waals surface area contributed by atoms with E-state index in [9.17, 15) is 0 Å². The molecule has 0 saturated heterocycles. The van der Waals surface area contributed by atoms with Gasteiger partial charge in [-0.1, -0.05) is 13.3 Å². The predicted octanol–water partition coefficient (Wildman–Crippen LogP) is 2.84. The molecule has 0 aromatic carbocycles. The molecule has 104 valence electrons. The van der Waals surface area contributed by atoms with Crippen LogP contribution in [0.4, 0.5) is 0 Å². The van der Waals surface area contributed by atoms with Crippen LogP contribution in [0, 0.1) is 5.92 Å². The Kier molecular flexibility index (Phi) is 9.79. The lowest BCUT2D eigenvalue weighted by Gasteiger charge is -2.24. The van der Waals surface area contributed by atoms with E-state index in [1.165, 1.54) is 12.8 Å². The molecule has 0 bridgehead atoms. The van der Waals surface area contributed by atoms with Gasteiger partial charge in [0.05, 0.1) is 13.2 Å². The summed E-state index contributed by atoms with van der Waals surface area (Å²) in [5.41, 5.74) is 0.225. The van der Waals surface area contributed by atoms with Crippen LogP contribution in [-0.2, 0) is 9.47 Å². The molecule has 0 radical (unpaired) electrons. The number of nitrogens with one attached hydrogen (secondary N) is 1. The fourth-order valence-corrected chi connectivity index (χ4v) is 1.62. The summed E-state index contributed by atoms with van der Waals surface area (Å²) in [6.45, 7) is 12.3. The van der Waals surface area contributed by atoms with Gasteiger partial charge in [-0.3, -0.25) is 0 Å². The van der Waals surface area contributed by atoms with Gasteiger partial charge >= 0.3 is 0 Å². The summed E-state index contributed by atoms with van der Waals surface area (Å²) < 4.78 is 10.4. The van der Waals surface area contributed by atoms with Gasteiger partial charge in [0.15, 0.2) is 0 Å². The fraction of sp³-hybridized carbons (Fsp3) is 1.00. The minimum Gasteiger partial charge on any atom is -0.382 e. The number of rotatable bonds is 10. The van der Waals surface area contributed by atoms with Crippen molar-refractivity contribution in [2.75, 3.05) is 33.5 Å². The molecule has 3 heteroatoms. The van der Waals surface area contributed by atoms with E-state index >= 15 is 0 Å². The first-order valence-corrected chi connectivity index (χ1v) is 6.81. The van der Waals surface area contributed by atoms with Crippen LogP contribution in [-0.4, -0.2) is 39.0 Å². The van der Waals surface area contributed by atoms with E-state index in [2.05, 4.69) is 33.0 Å². The molecule has 3 nitrogen and oxygen atoms in total. The summed E-state index contributed by atoms with van der Waals surface area (Å²) in [6.07, 6.45) is 3.63. The fourth-order valence-electron chi connectivity index (χ4n) is 1.62. The minimum atomic E-state index is 0.225. The Balaban J connectivity index is 3.48. The largest absolute Gasteiger partial charge is 0.382 e. The second-order valence-electron chi connectivity index (χ2n) is 5.65. The van der Waals surface area contributed by atoms with Gasteiger partial charge in [0.1, 0.15) is 0 Å². The third-order valence-corrected chi connectivity index (χ3v) is 2.83. The van der Waals surface area contributed by atoms with E-state index in [1.807, 2.05) is 0 Å². The Morgan fingerprint density at radius 3 is 2.35 bits per heavy atom. The Morgan fingerprint density at radius 1 is 1.12 bits per heavy atom. The molecular formula is C14H31NO2. The second kappa shape index (κ2) is 9.86. The number of ether oxygens (including phenoxy) is 2. The summed E-state index contributed by atoms with van der Waals surface area (Å²) in [4.78, 5) is 0. The van der Waals surface area contributed by atoms with Crippen molar-refractivity contribution in [2.45, 2.75) is 52.5 Å². The molecule has 0 amide bonds. The lowest BCUT2D eigenvalue weighted by molar-refractivity contribution is 0.0670. The Hall–Kier alpha value is -0.120. The van der Waals surface area contributed by atoms with Crippen molar-refractivity contribution in [3.8, 4) is 0 Å². The van der Waals surface area contributed by atoms with E-state index in [-0.39, 0.29) is 5.54 Å². The number of hydrogen-bond acceptors (Lipinski definition) is 3. The van der Waals surface area contributed by atoms with Gasteiger partial charge < -0.3 is 14.8 Å². The van der Waals surface area contributed by atoms with Gasteiger partial charge in [0.2, 0.25) is 0 Å². The summed E-state index contributed by atoms with van der Waals surface area (Å²) in [5.74, 6) is 0.764. The molecule has 0 aromatic rings. The number of hydrogen-bond donors (Lipinski definition) is 1. The molecule has 17 heavy (non-hydrogen) atoms. The molecule has 0 fully saturated rings. The van der Waals surface area contributed by atoms with Gasteiger partial charge in [-0.05, 0) is 46.1 Å². The van der Waals surface area contributed by atoms with Crippen LogP contribution < -0.4 is 5.32 Å². The molecular weight excluding hydrogens is 214 g/mol. The Bertz CT molecular complexity index is 166.